The first-order chi connectivity index (χ1) is 14.9. The lowest BCUT2D eigenvalue weighted by atomic mass is 10.1. The van der Waals surface area contributed by atoms with Crippen molar-refractivity contribution >= 4 is 0 Å². The van der Waals surface area contributed by atoms with Crippen molar-refractivity contribution in [3.8, 4) is 17.3 Å². The molecule has 1 heterocycles. The van der Waals surface area contributed by atoms with E-state index < -0.39 is 0 Å². The summed E-state index contributed by atoms with van der Waals surface area (Å²) in [6.07, 6.45) is 0.320. The highest BCUT2D eigenvalue weighted by molar-refractivity contribution is 5.43. The molecule has 1 atom stereocenters. The number of halogens is 1. The Hall–Kier alpha value is -2.70. The van der Waals surface area contributed by atoms with Crippen molar-refractivity contribution < 1.29 is 14.2 Å². The molecular formula is C25H32FN3O2. The lowest BCUT2D eigenvalue weighted by Crippen LogP contribution is -2.34. The van der Waals surface area contributed by atoms with E-state index in [4.69, 9.17) is 9.84 Å². The Morgan fingerprint density at radius 3 is 2.35 bits per heavy atom. The van der Waals surface area contributed by atoms with Crippen molar-refractivity contribution in [1.29, 1.82) is 0 Å². The predicted octanol–water partition coefficient (Wildman–Crippen LogP) is 5.34. The van der Waals surface area contributed by atoms with Crippen molar-refractivity contribution in [2.75, 3.05) is 13.1 Å². The third kappa shape index (κ3) is 6.15. The minimum atomic E-state index is -0.385. The highest BCUT2D eigenvalue weighted by Crippen LogP contribution is 2.32. The van der Waals surface area contributed by atoms with E-state index in [9.17, 15) is 9.50 Å². The summed E-state index contributed by atoms with van der Waals surface area (Å²) in [5.41, 5.74) is 2.70. The number of benzene rings is 2. The van der Waals surface area contributed by atoms with Crippen LogP contribution >= 0.6 is 0 Å². The minimum absolute atomic E-state index is 0.308. The summed E-state index contributed by atoms with van der Waals surface area (Å²) >= 11 is 0. The van der Waals surface area contributed by atoms with Gasteiger partial charge in [-0.15, -0.1) is 0 Å². The molecule has 0 unspecified atom stereocenters. The van der Waals surface area contributed by atoms with Crippen LogP contribution in [-0.2, 0) is 6.54 Å². The number of aryl methyl sites for hydroxylation is 1. The molecule has 3 aromatic rings. The Kier molecular flexibility index (Phi) is 7.82. The van der Waals surface area contributed by atoms with Gasteiger partial charge in [-0.05, 0) is 55.7 Å². The number of aliphatic hydroxyl groups excluding tert-OH is 1. The van der Waals surface area contributed by atoms with Gasteiger partial charge in [0.05, 0.1) is 23.0 Å². The molecule has 2 aromatic carbocycles. The van der Waals surface area contributed by atoms with Crippen LogP contribution in [0.4, 0.5) is 4.39 Å². The van der Waals surface area contributed by atoms with Crippen molar-refractivity contribution in [2.45, 2.75) is 46.8 Å². The second-order valence-electron chi connectivity index (χ2n) is 8.32. The Labute approximate surface area is 184 Å². The molecule has 0 saturated carbocycles. The summed E-state index contributed by atoms with van der Waals surface area (Å²) in [6, 6.07) is 15.8. The van der Waals surface area contributed by atoms with E-state index in [1.165, 1.54) is 12.1 Å². The highest BCUT2D eigenvalue weighted by Gasteiger charge is 2.22. The zero-order chi connectivity index (χ0) is 22.4. The standard InChI is InChI=1S/C25H32FN3O2/c1-5-22(30)16-28(15-18(2)3)17-24-19(4)27-29(21-9-7-6-8-10-21)25(24)31-23-13-11-20(26)12-14-23/h6-14,18,22,30H,5,15-17H2,1-4H3/t22-/m1/s1. The maximum Gasteiger partial charge on any atom is 0.227 e. The van der Waals surface area contributed by atoms with Gasteiger partial charge in [0.1, 0.15) is 11.6 Å². The summed E-state index contributed by atoms with van der Waals surface area (Å²) in [4.78, 5) is 2.25. The highest BCUT2D eigenvalue weighted by atomic mass is 19.1. The third-order valence-corrected chi connectivity index (χ3v) is 5.11. The van der Waals surface area contributed by atoms with E-state index in [0.717, 1.165) is 23.5 Å². The molecule has 0 radical (unpaired) electrons. The number of ether oxygens (including phenoxy) is 1. The summed E-state index contributed by atoms with van der Waals surface area (Å²) in [6.45, 7) is 10.3. The van der Waals surface area contributed by atoms with E-state index in [-0.39, 0.29) is 11.9 Å². The van der Waals surface area contributed by atoms with Gasteiger partial charge in [-0.1, -0.05) is 39.0 Å². The van der Waals surface area contributed by atoms with Crippen LogP contribution in [0.5, 0.6) is 11.6 Å². The van der Waals surface area contributed by atoms with Gasteiger partial charge in [-0.3, -0.25) is 4.90 Å². The van der Waals surface area contributed by atoms with Crippen LogP contribution in [0.3, 0.4) is 0 Å². The Balaban J connectivity index is 2.01. The molecule has 1 aromatic heterocycles. The van der Waals surface area contributed by atoms with E-state index in [1.54, 1.807) is 16.8 Å². The van der Waals surface area contributed by atoms with Crippen molar-refractivity contribution in [3.63, 3.8) is 0 Å². The van der Waals surface area contributed by atoms with Crippen LogP contribution in [0, 0.1) is 18.7 Å². The van der Waals surface area contributed by atoms with Crippen LogP contribution in [0.1, 0.15) is 38.4 Å². The molecule has 0 aliphatic carbocycles. The summed E-state index contributed by atoms with van der Waals surface area (Å²) in [5, 5.41) is 15.0. The smallest absolute Gasteiger partial charge is 0.227 e. The van der Waals surface area contributed by atoms with Crippen molar-refractivity contribution in [3.05, 3.63) is 71.7 Å². The van der Waals surface area contributed by atoms with E-state index in [2.05, 4.69) is 18.7 Å². The lowest BCUT2D eigenvalue weighted by Gasteiger charge is -2.26. The number of hydrogen-bond acceptors (Lipinski definition) is 4. The molecule has 0 saturated heterocycles. The summed E-state index contributed by atoms with van der Waals surface area (Å²) < 4.78 is 21.4. The molecule has 166 valence electrons. The van der Waals surface area contributed by atoms with Crippen LogP contribution in [0.25, 0.3) is 5.69 Å². The van der Waals surface area contributed by atoms with E-state index in [1.807, 2.05) is 44.2 Å². The molecule has 6 heteroatoms. The SMILES string of the molecule is CC[C@@H](O)CN(Cc1c(C)nn(-c2ccccc2)c1Oc1ccc(F)cc1)CC(C)C. The molecule has 0 amide bonds. The molecule has 0 fully saturated rings. The fraction of sp³-hybridized carbons (Fsp3) is 0.400. The molecule has 0 aliphatic rings. The second-order valence-corrected chi connectivity index (χ2v) is 8.32. The molecule has 0 bridgehead atoms. The molecular weight excluding hydrogens is 393 g/mol. The van der Waals surface area contributed by atoms with E-state index in [0.29, 0.717) is 37.1 Å². The molecule has 31 heavy (non-hydrogen) atoms. The average Bonchev–Trinajstić information content (AvgIpc) is 3.05. The summed E-state index contributed by atoms with van der Waals surface area (Å²) in [5.74, 6) is 1.30. The number of rotatable bonds is 10. The first-order valence-corrected chi connectivity index (χ1v) is 10.8. The topological polar surface area (TPSA) is 50.5 Å². The second kappa shape index (κ2) is 10.6. The maximum absolute atomic E-state index is 13.4. The first kappa shape index (κ1) is 23.0. The first-order valence-electron chi connectivity index (χ1n) is 10.8. The number of para-hydroxylation sites is 1. The van der Waals surface area contributed by atoms with Crippen LogP contribution < -0.4 is 4.74 Å². The zero-order valence-electron chi connectivity index (χ0n) is 18.8. The lowest BCUT2D eigenvalue weighted by molar-refractivity contribution is 0.0980. The number of aromatic nitrogens is 2. The molecule has 5 nitrogen and oxygen atoms in total. The Morgan fingerprint density at radius 2 is 1.74 bits per heavy atom. The molecule has 0 aliphatic heterocycles. The maximum atomic E-state index is 13.4. The Bertz CT molecular complexity index is 955. The molecule has 3 rings (SSSR count). The number of nitrogens with zero attached hydrogens (tertiary/aromatic N) is 3. The van der Waals surface area contributed by atoms with Gasteiger partial charge in [0.25, 0.3) is 0 Å². The predicted molar refractivity (Wildman–Crippen MR) is 121 cm³/mol. The normalized spacial score (nSPS) is 12.5. The van der Waals surface area contributed by atoms with Gasteiger partial charge in [-0.25, -0.2) is 9.07 Å². The van der Waals surface area contributed by atoms with Gasteiger partial charge >= 0.3 is 0 Å². The number of aliphatic hydroxyl groups is 1. The quantitative estimate of drug-likeness (QED) is 0.476. The van der Waals surface area contributed by atoms with Gasteiger partial charge in [0.2, 0.25) is 5.88 Å². The fourth-order valence-electron chi connectivity index (χ4n) is 3.55. The zero-order valence-corrected chi connectivity index (χ0v) is 18.8. The Morgan fingerprint density at radius 1 is 1.06 bits per heavy atom. The monoisotopic (exact) mass is 425 g/mol. The number of hydrogen-bond donors (Lipinski definition) is 1. The fourth-order valence-corrected chi connectivity index (χ4v) is 3.55. The largest absolute Gasteiger partial charge is 0.439 e. The van der Waals surface area contributed by atoms with Gasteiger partial charge < -0.3 is 9.84 Å². The van der Waals surface area contributed by atoms with E-state index >= 15 is 0 Å². The van der Waals surface area contributed by atoms with Crippen LogP contribution in [-0.4, -0.2) is 39.0 Å². The molecule has 1 N–H and O–H groups in total. The van der Waals surface area contributed by atoms with Crippen molar-refractivity contribution in [2.24, 2.45) is 5.92 Å². The molecule has 0 spiro atoms. The minimum Gasteiger partial charge on any atom is -0.439 e. The van der Waals surface area contributed by atoms with Gasteiger partial charge in [0.15, 0.2) is 0 Å². The van der Waals surface area contributed by atoms with Gasteiger partial charge in [0, 0.05) is 19.6 Å². The van der Waals surface area contributed by atoms with Crippen LogP contribution in [0.2, 0.25) is 0 Å². The van der Waals surface area contributed by atoms with Gasteiger partial charge in [-0.2, -0.15) is 5.10 Å². The summed E-state index contributed by atoms with van der Waals surface area (Å²) in [7, 11) is 0. The third-order valence-electron chi connectivity index (χ3n) is 5.11. The van der Waals surface area contributed by atoms with Crippen molar-refractivity contribution in [1.82, 2.24) is 14.7 Å². The van der Waals surface area contributed by atoms with Crippen LogP contribution in [0.15, 0.2) is 54.6 Å². The average molecular weight is 426 g/mol.